The van der Waals surface area contributed by atoms with E-state index >= 15 is 0 Å². The summed E-state index contributed by atoms with van der Waals surface area (Å²) >= 11 is 13.8. The maximum absolute atomic E-state index is 12.5. The first kappa shape index (κ1) is 23.2. The van der Waals surface area contributed by atoms with E-state index in [0.717, 1.165) is 16.8 Å². The van der Waals surface area contributed by atoms with Crippen molar-refractivity contribution in [1.82, 2.24) is 5.32 Å². The van der Waals surface area contributed by atoms with Crippen LogP contribution in [-0.4, -0.2) is 22.7 Å². The number of nitrogens with zero attached hydrogens (tertiary/aromatic N) is 1. The van der Waals surface area contributed by atoms with Crippen LogP contribution >= 0.6 is 35.0 Å². The Balaban J connectivity index is 1.81. The normalized spacial score (nSPS) is 15.9. The smallest absolute Gasteiger partial charge is 0.248 e. The van der Waals surface area contributed by atoms with E-state index in [-0.39, 0.29) is 11.7 Å². The monoisotopic (exact) mass is 476 g/mol. The Morgan fingerprint density at radius 3 is 2.42 bits per heavy atom. The number of primary amides is 1. The number of nitrogens with two attached hydrogens (primary N) is 1. The summed E-state index contributed by atoms with van der Waals surface area (Å²) in [6.45, 7) is 5.63. The quantitative estimate of drug-likeness (QED) is 0.580. The van der Waals surface area contributed by atoms with Crippen molar-refractivity contribution in [1.29, 1.82) is 0 Å². The van der Waals surface area contributed by atoms with Gasteiger partial charge in [0, 0.05) is 16.9 Å². The van der Waals surface area contributed by atoms with E-state index in [1.165, 1.54) is 11.8 Å². The van der Waals surface area contributed by atoms with Crippen molar-refractivity contribution in [2.45, 2.75) is 26.8 Å². The molecule has 1 aliphatic rings. The van der Waals surface area contributed by atoms with Gasteiger partial charge in [-0.25, -0.2) is 4.99 Å². The summed E-state index contributed by atoms with van der Waals surface area (Å²) in [5.74, 6) is -0.632. The van der Waals surface area contributed by atoms with E-state index in [9.17, 15) is 9.59 Å². The van der Waals surface area contributed by atoms with Gasteiger partial charge in [-0.05, 0) is 38.0 Å². The molecule has 0 spiro atoms. The van der Waals surface area contributed by atoms with Crippen LogP contribution in [0.15, 0.2) is 52.7 Å². The highest BCUT2D eigenvalue weighted by Crippen LogP contribution is 2.38. The third kappa shape index (κ3) is 5.23. The maximum atomic E-state index is 12.5. The molecule has 2 aromatic rings. The first-order chi connectivity index (χ1) is 14.7. The Bertz CT molecular complexity index is 1090. The number of hydrogen-bond acceptors (Lipinski definition) is 5. The Hall–Kier alpha value is -2.48. The number of carbonyl (C=O) groups excluding carboxylic acids is 2. The molecular weight excluding hydrogens is 455 g/mol. The molecule has 1 aliphatic heterocycles. The number of carbonyl (C=O) groups is 2. The van der Waals surface area contributed by atoms with E-state index in [2.05, 4.69) is 15.6 Å². The number of halogens is 2. The third-order valence-electron chi connectivity index (χ3n) is 4.85. The molecule has 0 fully saturated rings. The minimum atomic E-state index is -0.714. The van der Waals surface area contributed by atoms with E-state index in [4.69, 9.17) is 28.9 Å². The van der Waals surface area contributed by atoms with Gasteiger partial charge >= 0.3 is 0 Å². The molecule has 4 N–H and O–H groups in total. The summed E-state index contributed by atoms with van der Waals surface area (Å²) in [7, 11) is 0. The fourth-order valence-electron chi connectivity index (χ4n) is 3.32. The summed E-state index contributed by atoms with van der Waals surface area (Å²) in [6, 6.07) is 10.3. The third-order valence-corrected chi connectivity index (χ3v) is 6.57. The van der Waals surface area contributed by atoms with Crippen LogP contribution in [0.1, 0.15) is 29.7 Å². The van der Waals surface area contributed by atoms with Crippen molar-refractivity contribution in [2.24, 2.45) is 10.7 Å². The molecule has 162 valence electrons. The number of hydrogen-bond donors (Lipinski definition) is 3. The highest BCUT2D eigenvalue weighted by atomic mass is 35.5. The number of benzene rings is 2. The van der Waals surface area contributed by atoms with Gasteiger partial charge in [-0.3, -0.25) is 9.59 Å². The van der Waals surface area contributed by atoms with Crippen LogP contribution in [0.2, 0.25) is 10.0 Å². The molecule has 0 saturated heterocycles. The second-order valence-corrected chi connectivity index (χ2v) is 8.86. The van der Waals surface area contributed by atoms with Crippen LogP contribution in [0, 0.1) is 13.8 Å². The lowest BCUT2D eigenvalue weighted by Crippen LogP contribution is -2.33. The topological polar surface area (TPSA) is 96.6 Å². The molecule has 1 atom stereocenters. The lowest BCUT2D eigenvalue weighted by Gasteiger charge is -2.26. The molecule has 3 rings (SSSR count). The molecule has 2 amide bonds. The minimum absolute atomic E-state index is 0.134. The highest BCUT2D eigenvalue weighted by Gasteiger charge is 2.30. The number of para-hydroxylation sites is 1. The lowest BCUT2D eigenvalue weighted by molar-refractivity contribution is -0.115. The standard InChI is InChI=1S/C22H22Cl2N4O2S/c1-11-6-4-7-12(2)19(11)27-16(29)10-31-22-26-13(3)17(21(25)30)20(28-22)14-8-5-9-15(23)18(14)24/h4-9,20H,10H2,1-3H3,(H2,25,30)(H,26,28)(H,27,29)/t20-/m0/s1. The van der Waals surface area contributed by atoms with Gasteiger partial charge in [0.15, 0.2) is 5.17 Å². The van der Waals surface area contributed by atoms with Crippen LogP contribution in [0.5, 0.6) is 0 Å². The molecule has 0 bridgehead atoms. The minimum Gasteiger partial charge on any atom is -0.366 e. The number of anilines is 1. The second kappa shape index (κ2) is 9.77. The zero-order chi connectivity index (χ0) is 22.7. The Morgan fingerprint density at radius 1 is 1.13 bits per heavy atom. The number of aryl methyl sites for hydroxylation is 2. The van der Waals surface area contributed by atoms with Gasteiger partial charge in [0.1, 0.15) is 6.04 Å². The van der Waals surface area contributed by atoms with Crippen molar-refractivity contribution in [2.75, 3.05) is 11.1 Å². The molecule has 0 unspecified atom stereocenters. The van der Waals surface area contributed by atoms with E-state index in [1.54, 1.807) is 25.1 Å². The molecule has 6 nitrogen and oxygen atoms in total. The summed E-state index contributed by atoms with van der Waals surface area (Å²) < 4.78 is 0. The first-order valence-electron chi connectivity index (χ1n) is 9.47. The number of aliphatic imine (C=N–C) groups is 1. The van der Waals surface area contributed by atoms with Gasteiger partial charge in [0.2, 0.25) is 11.8 Å². The Kier molecular flexibility index (Phi) is 7.30. The van der Waals surface area contributed by atoms with Crippen molar-refractivity contribution >= 4 is 57.6 Å². The SMILES string of the molecule is CC1=C(C(N)=O)[C@H](c2cccc(Cl)c2Cl)N=C(SCC(=O)Nc2c(C)cccc2C)N1. The number of allylic oxidation sites excluding steroid dienone is 1. The summed E-state index contributed by atoms with van der Waals surface area (Å²) in [6.07, 6.45) is 0. The van der Waals surface area contributed by atoms with E-state index in [0.29, 0.717) is 32.0 Å². The molecule has 2 aromatic carbocycles. The van der Waals surface area contributed by atoms with Crippen LogP contribution in [0.25, 0.3) is 0 Å². The predicted octanol–water partition coefficient (Wildman–Crippen LogP) is 4.74. The van der Waals surface area contributed by atoms with Crippen LogP contribution in [-0.2, 0) is 9.59 Å². The Labute approximate surface area is 195 Å². The molecular formula is C22H22Cl2N4O2S. The van der Waals surface area contributed by atoms with Crippen molar-refractivity contribution in [3.63, 3.8) is 0 Å². The van der Waals surface area contributed by atoms with Gasteiger partial charge in [0.05, 0.1) is 21.4 Å². The van der Waals surface area contributed by atoms with Crippen molar-refractivity contribution < 1.29 is 9.59 Å². The van der Waals surface area contributed by atoms with Gasteiger partial charge < -0.3 is 16.4 Å². The molecule has 0 aliphatic carbocycles. The molecule has 0 saturated carbocycles. The lowest BCUT2D eigenvalue weighted by atomic mass is 9.96. The van der Waals surface area contributed by atoms with E-state index in [1.807, 2.05) is 32.0 Å². The number of amidine groups is 1. The zero-order valence-electron chi connectivity index (χ0n) is 17.3. The van der Waals surface area contributed by atoms with Crippen LogP contribution in [0.4, 0.5) is 5.69 Å². The molecule has 31 heavy (non-hydrogen) atoms. The first-order valence-corrected chi connectivity index (χ1v) is 11.2. The fourth-order valence-corrected chi connectivity index (χ4v) is 4.47. The number of thioether (sulfide) groups is 1. The number of nitrogens with one attached hydrogen (secondary N) is 2. The highest BCUT2D eigenvalue weighted by molar-refractivity contribution is 8.14. The number of amides is 2. The van der Waals surface area contributed by atoms with Gasteiger partial charge in [-0.1, -0.05) is 65.3 Å². The maximum Gasteiger partial charge on any atom is 0.248 e. The van der Waals surface area contributed by atoms with Crippen molar-refractivity contribution in [3.8, 4) is 0 Å². The molecule has 0 aromatic heterocycles. The zero-order valence-corrected chi connectivity index (χ0v) is 19.6. The van der Waals surface area contributed by atoms with Crippen molar-refractivity contribution in [3.05, 3.63) is 74.4 Å². The summed E-state index contributed by atoms with van der Waals surface area (Å²) in [4.78, 5) is 29.2. The van der Waals surface area contributed by atoms with Crippen LogP contribution < -0.4 is 16.4 Å². The van der Waals surface area contributed by atoms with Gasteiger partial charge in [-0.2, -0.15) is 0 Å². The largest absolute Gasteiger partial charge is 0.366 e. The predicted molar refractivity (Wildman–Crippen MR) is 129 cm³/mol. The fraction of sp³-hybridized carbons (Fsp3) is 0.227. The van der Waals surface area contributed by atoms with E-state index < -0.39 is 11.9 Å². The molecule has 9 heteroatoms. The summed E-state index contributed by atoms with van der Waals surface area (Å²) in [5, 5.41) is 7.16. The molecule has 1 heterocycles. The molecule has 0 radical (unpaired) electrons. The van der Waals surface area contributed by atoms with Crippen LogP contribution in [0.3, 0.4) is 0 Å². The Morgan fingerprint density at radius 2 is 1.77 bits per heavy atom. The number of rotatable bonds is 5. The average Bonchev–Trinajstić information content (AvgIpc) is 2.70. The van der Waals surface area contributed by atoms with Gasteiger partial charge in [-0.15, -0.1) is 0 Å². The van der Waals surface area contributed by atoms with Gasteiger partial charge in [0.25, 0.3) is 0 Å². The summed E-state index contributed by atoms with van der Waals surface area (Å²) in [5.41, 5.74) is 9.82. The second-order valence-electron chi connectivity index (χ2n) is 7.11. The average molecular weight is 477 g/mol.